The fraction of sp³-hybridized carbons (Fsp3) is 0.143. The third-order valence-corrected chi connectivity index (χ3v) is 3.31. The van der Waals surface area contributed by atoms with Crippen molar-refractivity contribution in [3.05, 3.63) is 58.5 Å². The van der Waals surface area contributed by atoms with Gasteiger partial charge in [0, 0.05) is 24.4 Å². The second-order valence-corrected chi connectivity index (χ2v) is 4.68. The Hall–Kier alpha value is -2.96. The molecule has 2 aromatic heterocycles. The molecule has 0 fully saturated rings. The van der Waals surface area contributed by atoms with E-state index in [4.69, 9.17) is 0 Å². The van der Waals surface area contributed by atoms with Crippen molar-refractivity contribution in [2.75, 3.05) is 5.32 Å². The third kappa shape index (κ3) is 2.53. The van der Waals surface area contributed by atoms with E-state index in [1.54, 1.807) is 18.3 Å². The Bertz CT molecular complexity index is 781. The van der Waals surface area contributed by atoms with E-state index in [0.29, 0.717) is 0 Å². The molecule has 2 heterocycles. The maximum atomic E-state index is 10.7. The Balaban J connectivity index is 1.84. The zero-order valence-corrected chi connectivity index (χ0v) is 11.3. The molecule has 3 rings (SSSR count). The lowest BCUT2D eigenvalue weighted by atomic mass is 10.1. The van der Waals surface area contributed by atoms with Crippen LogP contribution in [0.4, 0.5) is 11.5 Å². The van der Waals surface area contributed by atoms with Gasteiger partial charge in [0.05, 0.1) is 10.3 Å². The van der Waals surface area contributed by atoms with Crippen LogP contribution in [0.25, 0.3) is 11.0 Å². The van der Waals surface area contributed by atoms with Crippen LogP contribution in [0.5, 0.6) is 0 Å². The number of non-ortho nitro benzene ring substituents is 1. The normalized spacial score (nSPS) is 12.2. The van der Waals surface area contributed by atoms with Gasteiger partial charge in [-0.1, -0.05) is 12.1 Å². The zero-order chi connectivity index (χ0) is 14.8. The van der Waals surface area contributed by atoms with Crippen LogP contribution in [0.1, 0.15) is 18.5 Å². The largest absolute Gasteiger partial charge is 0.363 e. The average molecular weight is 283 g/mol. The zero-order valence-electron chi connectivity index (χ0n) is 11.3. The van der Waals surface area contributed by atoms with Crippen molar-refractivity contribution in [2.45, 2.75) is 13.0 Å². The number of nitro benzene ring substituents is 1. The van der Waals surface area contributed by atoms with Crippen molar-refractivity contribution in [3.63, 3.8) is 0 Å². The number of aromatic amines is 1. The number of fused-ring (bicyclic) bond motifs is 1. The van der Waals surface area contributed by atoms with Gasteiger partial charge in [-0.05, 0) is 18.6 Å². The molecule has 3 aromatic rings. The van der Waals surface area contributed by atoms with Crippen LogP contribution in [0.3, 0.4) is 0 Å². The first-order valence-corrected chi connectivity index (χ1v) is 6.44. The maximum Gasteiger partial charge on any atom is 0.269 e. The summed E-state index contributed by atoms with van der Waals surface area (Å²) in [7, 11) is 0. The van der Waals surface area contributed by atoms with Crippen LogP contribution in [0.2, 0.25) is 0 Å². The van der Waals surface area contributed by atoms with Gasteiger partial charge in [-0.25, -0.2) is 9.97 Å². The van der Waals surface area contributed by atoms with Gasteiger partial charge in [-0.3, -0.25) is 10.1 Å². The van der Waals surface area contributed by atoms with E-state index in [2.05, 4.69) is 20.3 Å². The van der Waals surface area contributed by atoms with E-state index < -0.39 is 4.92 Å². The number of nitrogens with one attached hydrogen (secondary N) is 2. The molecule has 0 aliphatic carbocycles. The monoisotopic (exact) mass is 283 g/mol. The van der Waals surface area contributed by atoms with Crippen LogP contribution in [0, 0.1) is 10.1 Å². The highest BCUT2D eigenvalue weighted by molar-refractivity contribution is 5.86. The van der Waals surface area contributed by atoms with Crippen molar-refractivity contribution >= 4 is 22.5 Å². The van der Waals surface area contributed by atoms with E-state index in [1.807, 2.05) is 13.0 Å². The minimum absolute atomic E-state index is 0.0289. The number of hydrogen-bond acceptors (Lipinski definition) is 5. The molecule has 0 amide bonds. The molecular formula is C14H13N5O2. The predicted molar refractivity (Wildman–Crippen MR) is 79.0 cm³/mol. The van der Waals surface area contributed by atoms with Gasteiger partial charge in [0.15, 0.2) is 0 Å². The second kappa shape index (κ2) is 5.20. The molecule has 0 bridgehead atoms. The highest BCUT2D eigenvalue weighted by Gasteiger charge is 2.11. The Labute approximate surface area is 120 Å². The summed E-state index contributed by atoms with van der Waals surface area (Å²) in [5.41, 5.74) is 1.80. The lowest BCUT2D eigenvalue weighted by molar-refractivity contribution is -0.384. The number of hydrogen-bond donors (Lipinski definition) is 2. The molecule has 0 aliphatic rings. The number of nitrogens with zero attached hydrogens (tertiary/aromatic N) is 3. The molecule has 7 nitrogen and oxygen atoms in total. The number of nitro groups is 1. The molecule has 0 spiro atoms. The van der Waals surface area contributed by atoms with Crippen LogP contribution in [-0.4, -0.2) is 19.9 Å². The lowest BCUT2D eigenvalue weighted by Crippen LogP contribution is -2.08. The molecule has 0 saturated heterocycles. The molecule has 21 heavy (non-hydrogen) atoms. The number of anilines is 1. The van der Waals surface area contributed by atoms with Gasteiger partial charge in [0.25, 0.3) is 5.69 Å². The summed E-state index contributed by atoms with van der Waals surface area (Å²) in [4.78, 5) is 21.7. The van der Waals surface area contributed by atoms with Gasteiger partial charge in [0.1, 0.15) is 17.8 Å². The molecular weight excluding hydrogens is 270 g/mol. The molecule has 0 radical (unpaired) electrons. The summed E-state index contributed by atoms with van der Waals surface area (Å²) in [5, 5.41) is 14.9. The second-order valence-electron chi connectivity index (χ2n) is 4.68. The third-order valence-electron chi connectivity index (χ3n) is 3.31. The fourth-order valence-corrected chi connectivity index (χ4v) is 2.16. The number of rotatable bonds is 4. The van der Waals surface area contributed by atoms with E-state index in [-0.39, 0.29) is 11.7 Å². The smallest absolute Gasteiger partial charge is 0.269 e. The fourth-order valence-electron chi connectivity index (χ4n) is 2.16. The van der Waals surface area contributed by atoms with Crippen LogP contribution >= 0.6 is 0 Å². The first kappa shape index (κ1) is 13.0. The van der Waals surface area contributed by atoms with Crippen molar-refractivity contribution in [2.24, 2.45) is 0 Å². The van der Waals surface area contributed by atoms with Gasteiger partial charge in [-0.2, -0.15) is 0 Å². The standard InChI is InChI=1S/C14H13N5O2/c1-9(10-2-4-11(5-3-10)19(20)21)18-14-12-6-7-15-13(12)16-8-17-14/h2-9H,1H3,(H2,15,16,17,18). The molecule has 7 heteroatoms. The summed E-state index contributed by atoms with van der Waals surface area (Å²) in [6.45, 7) is 1.97. The van der Waals surface area contributed by atoms with E-state index in [9.17, 15) is 10.1 Å². The summed E-state index contributed by atoms with van der Waals surface area (Å²) in [5.74, 6) is 0.729. The quantitative estimate of drug-likeness (QED) is 0.566. The number of aromatic nitrogens is 3. The highest BCUT2D eigenvalue weighted by Crippen LogP contribution is 2.24. The molecule has 1 unspecified atom stereocenters. The van der Waals surface area contributed by atoms with Gasteiger partial charge >= 0.3 is 0 Å². The summed E-state index contributed by atoms with van der Waals surface area (Å²) in [6.07, 6.45) is 3.30. The first-order valence-electron chi connectivity index (χ1n) is 6.44. The van der Waals surface area contributed by atoms with E-state index in [1.165, 1.54) is 18.5 Å². The van der Waals surface area contributed by atoms with Gasteiger partial charge < -0.3 is 10.3 Å². The molecule has 106 valence electrons. The number of benzene rings is 1. The Kier molecular flexibility index (Phi) is 3.23. The summed E-state index contributed by atoms with van der Waals surface area (Å²) in [6, 6.07) is 8.36. The summed E-state index contributed by atoms with van der Waals surface area (Å²) >= 11 is 0. The van der Waals surface area contributed by atoms with Crippen molar-refractivity contribution in [1.82, 2.24) is 15.0 Å². The number of H-pyrrole nitrogens is 1. The first-order chi connectivity index (χ1) is 10.1. The lowest BCUT2D eigenvalue weighted by Gasteiger charge is -2.15. The van der Waals surface area contributed by atoms with Crippen LogP contribution in [-0.2, 0) is 0 Å². The predicted octanol–water partition coefficient (Wildman–Crippen LogP) is 3.04. The topological polar surface area (TPSA) is 96.7 Å². The summed E-state index contributed by atoms with van der Waals surface area (Å²) < 4.78 is 0. The van der Waals surface area contributed by atoms with Gasteiger partial charge in [0.2, 0.25) is 0 Å². The average Bonchev–Trinajstić information content (AvgIpc) is 2.97. The molecule has 0 aliphatic heterocycles. The maximum absolute atomic E-state index is 10.7. The molecule has 1 atom stereocenters. The SMILES string of the molecule is CC(Nc1ncnc2[nH]ccc12)c1ccc([N+](=O)[O-])cc1. The van der Waals surface area contributed by atoms with Gasteiger partial charge in [-0.15, -0.1) is 0 Å². The van der Waals surface area contributed by atoms with Crippen LogP contribution < -0.4 is 5.32 Å². The van der Waals surface area contributed by atoms with Crippen LogP contribution in [0.15, 0.2) is 42.9 Å². The molecule has 2 N–H and O–H groups in total. The van der Waals surface area contributed by atoms with Crippen molar-refractivity contribution in [3.8, 4) is 0 Å². The minimum Gasteiger partial charge on any atom is -0.363 e. The Morgan fingerprint density at radius 2 is 2.00 bits per heavy atom. The van der Waals surface area contributed by atoms with Crippen molar-refractivity contribution in [1.29, 1.82) is 0 Å². The van der Waals surface area contributed by atoms with E-state index >= 15 is 0 Å². The Morgan fingerprint density at radius 1 is 1.24 bits per heavy atom. The molecule has 1 aromatic carbocycles. The Morgan fingerprint density at radius 3 is 2.71 bits per heavy atom. The minimum atomic E-state index is -0.407. The van der Waals surface area contributed by atoms with Crippen molar-refractivity contribution < 1.29 is 4.92 Å². The molecule has 0 saturated carbocycles. The van der Waals surface area contributed by atoms with E-state index in [0.717, 1.165) is 22.4 Å². The highest BCUT2D eigenvalue weighted by atomic mass is 16.6.